The lowest BCUT2D eigenvalue weighted by Gasteiger charge is -1.97. The van der Waals surface area contributed by atoms with Crippen molar-refractivity contribution in [3.05, 3.63) is 17.7 Å². The molecule has 1 aromatic carbocycles. The van der Waals surface area contributed by atoms with Gasteiger partial charge in [-0.25, -0.2) is 4.79 Å². The Bertz CT molecular complexity index is 477. The summed E-state index contributed by atoms with van der Waals surface area (Å²) in [6, 6.07) is 2.54. The molecule has 0 atom stereocenters. The lowest BCUT2D eigenvalue weighted by atomic mass is 10.2. The van der Waals surface area contributed by atoms with E-state index in [1.165, 1.54) is 12.1 Å². The number of rotatable bonds is 1. The molecule has 2 rings (SSSR count). The van der Waals surface area contributed by atoms with Crippen molar-refractivity contribution >= 4 is 17.0 Å². The molecule has 0 spiro atoms. The van der Waals surface area contributed by atoms with Gasteiger partial charge in [-0.3, -0.25) is 5.10 Å². The van der Waals surface area contributed by atoms with Gasteiger partial charge >= 0.3 is 5.97 Å². The average Bonchev–Trinajstić information content (AvgIpc) is 2.48. The maximum atomic E-state index is 10.6. The highest BCUT2D eigenvalue weighted by atomic mass is 16.4. The SMILES string of the molecule is O=C(O)c1cc2nn[nH]c2cc1O. The van der Waals surface area contributed by atoms with Crippen molar-refractivity contribution in [2.24, 2.45) is 0 Å². The van der Waals surface area contributed by atoms with Gasteiger partial charge in [0.1, 0.15) is 16.8 Å². The number of carboxylic acids is 1. The first kappa shape index (κ1) is 7.53. The number of nitrogens with zero attached hydrogens (tertiary/aromatic N) is 2. The van der Waals surface area contributed by atoms with Crippen molar-refractivity contribution in [3.63, 3.8) is 0 Å². The number of hydrogen-bond donors (Lipinski definition) is 3. The molecule has 2 aromatic rings. The van der Waals surface area contributed by atoms with Gasteiger partial charge in [0.25, 0.3) is 0 Å². The molecule has 0 bridgehead atoms. The van der Waals surface area contributed by atoms with Crippen LogP contribution < -0.4 is 0 Å². The van der Waals surface area contributed by atoms with Gasteiger partial charge in [0.2, 0.25) is 0 Å². The van der Waals surface area contributed by atoms with Gasteiger partial charge in [0.15, 0.2) is 0 Å². The molecule has 66 valence electrons. The first-order valence-electron chi connectivity index (χ1n) is 3.45. The fourth-order valence-electron chi connectivity index (χ4n) is 1.05. The number of aromatic carboxylic acids is 1. The summed E-state index contributed by atoms with van der Waals surface area (Å²) in [5.74, 6) is -1.49. The molecule has 0 unspecified atom stereocenters. The van der Waals surface area contributed by atoms with Crippen LogP contribution in [0.25, 0.3) is 11.0 Å². The van der Waals surface area contributed by atoms with E-state index in [1.807, 2.05) is 0 Å². The van der Waals surface area contributed by atoms with E-state index < -0.39 is 5.97 Å². The Morgan fingerprint density at radius 1 is 1.46 bits per heavy atom. The number of nitrogens with one attached hydrogen (secondary N) is 1. The van der Waals surface area contributed by atoms with Crippen LogP contribution in [0.5, 0.6) is 5.75 Å². The number of carbonyl (C=O) groups is 1. The molecule has 6 heteroatoms. The van der Waals surface area contributed by atoms with Gasteiger partial charge in [-0.2, -0.15) is 0 Å². The number of hydrogen-bond acceptors (Lipinski definition) is 4. The summed E-state index contributed by atoms with van der Waals surface area (Å²) >= 11 is 0. The molecule has 1 aromatic heterocycles. The summed E-state index contributed by atoms with van der Waals surface area (Å²) in [7, 11) is 0. The standard InChI is InChI=1S/C7H5N3O3/c11-6-2-5-4(8-10-9-5)1-3(6)7(12)13/h1-2,11H,(H,12,13)(H,8,9,10). The minimum atomic E-state index is -1.19. The molecule has 0 aliphatic carbocycles. The molecule has 0 amide bonds. The summed E-state index contributed by atoms with van der Waals surface area (Å²) in [6.45, 7) is 0. The topological polar surface area (TPSA) is 99.1 Å². The minimum absolute atomic E-state index is 0.179. The normalized spacial score (nSPS) is 10.5. The Morgan fingerprint density at radius 3 is 2.92 bits per heavy atom. The van der Waals surface area contributed by atoms with Crippen LogP contribution in [0, 0.1) is 0 Å². The number of H-pyrrole nitrogens is 1. The number of aromatic hydroxyl groups is 1. The van der Waals surface area contributed by atoms with E-state index in [9.17, 15) is 9.90 Å². The van der Waals surface area contributed by atoms with E-state index in [1.54, 1.807) is 0 Å². The van der Waals surface area contributed by atoms with Crippen LogP contribution in [0.15, 0.2) is 12.1 Å². The largest absolute Gasteiger partial charge is 0.507 e. The van der Waals surface area contributed by atoms with Gasteiger partial charge in [0, 0.05) is 6.07 Å². The van der Waals surface area contributed by atoms with E-state index in [0.29, 0.717) is 11.0 Å². The summed E-state index contributed by atoms with van der Waals surface area (Å²) in [5.41, 5.74) is 0.735. The smallest absolute Gasteiger partial charge is 0.339 e. The van der Waals surface area contributed by atoms with Gasteiger partial charge in [-0.1, -0.05) is 5.21 Å². The fourth-order valence-corrected chi connectivity index (χ4v) is 1.05. The molecule has 0 saturated heterocycles. The van der Waals surface area contributed by atoms with Gasteiger partial charge in [-0.15, -0.1) is 5.10 Å². The molecule has 0 aliphatic rings. The zero-order chi connectivity index (χ0) is 9.42. The second-order valence-electron chi connectivity index (χ2n) is 2.50. The van der Waals surface area contributed by atoms with E-state index in [4.69, 9.17) is 5.11 Å². The molecular formula is C7H5N3O3. The van der Waals surface area contributed by atoms with Crippen LogP contribution in [-0.2, 0) is 0 Å². The number of carboxylic acid groups (broad SMARTS) is 1. The number of benzene rings is 1. The van der Waals surface area contributed by atoms with Crippen molar-refractivity contribution in [2.45, 2.75) is 0 Å². The first-order chi connectivity index (χ1) is 6.18. The third-order valence-electron chi connectivity index (χ3n) is 1.67. The molecule has 1 heterocycles. The van der Waals surface area contributed by atoms with Crippen LogP contribution >= 0.6 is 0 Å². The van der Waals surface area contributed by atoms with E-state index in [0.717, 1.165) is 0 Å². The lowest BCUT2D eigenvalue weighted by molar-refractivity contribution is 0.0694. The highest BCUT2D eigenvalue weighted by Crippen LogP contribution is 2.21. The zero-order valence-electron chi connectivity index (χ0n) is 6.35. The molecule has 0 saturated carbocycles. The molecular weight excluding hydrogens is 174 g/mol. The highest BCUT2D eigenvalue weighted by molar-refractivity contribution is 5.95. The van der Waals surface area contributed by atoms with Gasteiger partial charge in [0.05, 0.1) is 5.52 Å². The summed E-state index contributed by atoms with van der Waals surface area (Å²) < 4.78 is 0. The molecule has 0 radical (unpaired) electrons. The third-order valence-corrected chi connectivity index (χ3v) is 1.67. The van der Waals surface area contributed by atoms with Crippen molar-refractivity contribution in [3.8, 4) is 5.75 Å². The number of aromatic nitrogens is 3. The summed E-state index contributed by atoms with van der Waals surface area (Å²) in [6.07, 6.45) is 0. The van der Waals surface area contributed by atoms with Crippen LogP contribution in [0.1, 0.15) is 10.4 Å². The molecule has 3 N–H and O–H groups in total. The predicted molar refractivity (Wildman–Crippen MR) is 42.5 cm³/mol. The number of aromatic amines is 1. The monoisotopic (exact) mass is 179 g/mol. The van der Waals surface area contributed by atoms with E-state index in [-0.39, 0.29) is 11.3 Å². The van der Waals surface area contributed by atoms with Crippen molar-refractivity contribution in [1.82, 2.24) is 15.4 Å². The van der Waals surface area contributed by atoms with Crippen molar-refractivity contribution in [1.29, 1.82) is 0 Å². The van der Waals surface area contributed by atoms with Crippen LogP contribution in [0.3, 0.4) is 0 Å². The maximum absolute atomic E-state index is 10.6. The number of fused-ring (bicyclic) bond motifs is 1. The Labute approximate surface area is 71.8 Å². The maximum Gasteiger partial charge on any atom is 0.339 e. The quantitative estimate of drug-likeness (QED) is 0.587. The van der Waals surface area contributed by atoms with E-state index >= 15 is 0 Å². The second-order valence-corrected chi connectivity index (χ2v) is 2.50. The molecule has 6 nitrogen and oxygen atoms in total. The van der Waals surface area contributed by atoms with Crippen LogP contribution in [0.2, 0.25) is 0 Å². The fraction of sp³-hybridized carbons (Fsp3) is 0. The predicted octanol–water partition coefficient (Wildman–Crippen LogP) is 0.362. The molecule has 0 aliphatic heterocycles. The summed E-state index contributed by atoms with van der Waals surface area (Å²) in [5, 5.41) is 27.5. The van der Waals surface area contributed by atoms with Gasteiger partial charge < -0.3 is 10.2 Å². The number of phenols is 1. The lowest BCUT2D eigenvalue weighted by Crippen LogP contribution is -1.96. The summed E-state index contributed by atoms with van der Waals surface area (Å²) in [4.78, 5) is 10.6. The Morgan fingerprint density at radius 2 is 2.23 bits per heavy atom. The van der Waals surface area contributed by atoms with Crippen LogP contribution in [-0.4, -0.2) is 31.6 Å². The molecule has 13 heavy (non-hydrogen) atoms. The third kappa shape index (κ3) is 1.08. The van der Waals surface area contributed by atoms with Crippen molar-refractivity contribution < 1.29 is 15.0 Å². The first-order valence-corrected chi connectivity index (χ1v) is 3.45. The van der Waals surface area contributed by atoms with Crippen LogP contribution in [0.4, 0.5) is 0 Å². The second kappa shape index (κ2) is 2.44. The zero-order valence-corrected chi connectivity index (χ0v) is 6.35. The Balaban J connectivity index is 2.76. The Kier molecular flexibility index (Phi) is 1.42. The highest BCUT2D eigenvalue weighted by Gasteiger charge is 2.11. The molecule has 0 fully saturated rings. The average molecular weight is 179 g/mol. The Hall–Kier alpha value is -2.11. The van der Waals surface area contributed by atoms with Gasteiger partial charge in [-0.05, 0) is 6.07 Å². The van der Waals surface area contributed by atoms with Crippen molar-refractivity contribution in [2.75, 3.05) is 0 Å². The minimum Gasteiger partial charge on any atom is -0.507 e. The van der Waals surface area contributed by atoms with E-state index in [2.05, 4.69) is 15.4 Å².